The van der Waals surface area contributed by atoms with Crippen LogP contribution in [-0.4, -0.2) is 32.2 Å². The summed E-state index contributed by atoms with van der Waals surface area (Å²) in [4.78, 5) is 15.4. The number of nitrogens with one attached hydrogen (secondary N) is 2. The molecule has 1 aliphatic heterocycles. The SMILES string of the molecule is O=C(Nc1cc(C(F)(F)F)ccc1Cl)C(Nc1ccc(N2CCOCC2)cc1)c1ccccc1. The lowest BCUT2D eigenvalue weighted by Crippen LogP contribution is -2.36. The van der Waals surface area contributed by atoms with E-state index in [0.29, 0.717) is 24.5 Å². The number of alkyl halides is 3. The Bertz CT molecular complexity index is 1120. The normalized spacial score (nSPS) is 15.0. The number of carbonyl (C=O) groups is 1. The molecule has 5 nitrogen and oxygen atoms in total. The van der Waals surface area contributed by atoms with Gasteiger partial charge in [-0.1, -0.05) is 41.9 Å². The Balaban J connectivity index is 1.56. The summed E-state index contributed by atoms with van der Waals surface area (Å²) in [5, 5.41) is 5.76. The maximum Gasteiger partial charge on any atom is 0.416 e. The van der Waals surface area contributed by atoms with Gasteiger partial charge in [-0.15, -0.1) is 0 Å². The highest BCUT2D eigenvalue weighted by atomic mass is 35.5. The van der Waals surface area contributed by atoms with Crippen molar-refractivity contribution in [3.63, 3.8) is 0 Å². The quantitative estimate of drug-likeness (QED) is 0.447. The van der Waals surface area contributed by atoms with E-state index >= 15 is 0 Å². The van der Waals surface area contributed by atoms with Gasteiger partial charge in [0, 0.05) is 24.5 Å². The number of carbonyl (C=O) groups excluding carboxylic acids is 1. The zero-order valence-electron chi connectivity index (χ0n) is 18.1. The smallest absolute Gasteiger partial charge is 0.378 e. The monoisotopic (exact) mass is 489 g/mol. The second kappa shape index (κ2) is 10.4. The van der Waals surface area contributed by atoms with Crippen molar-refractivity contribution in [1.29, 1.82) is 0 Å². The molecule has 0 spiro atoms. The molecule has 0 aliphatic carbocycles. The summed E-state index contributed by atoms with van der Waals surface area (Å²) in [7, 11) is 0. The molecule has 4 rings (SSSR count). The molecular weight excluding hydrogens is 467 g/mol. The standard InChI is InChI=1S/C25H23ClF3N3O2/c26-21-11-6-18(25(27,28)29)16-22(21)31-24(33)23(17-4-2-1-3-5-17)30-19-7-9-20(10-8-19)32-12-14-34-15-13-32/h1-11,16,23,30H,12-15H2,(H,31,33). The third-order valence-corrected chi connectivity index (χ3v) is 5.83. The molecule has 1 saturated heterocycles. The summed E-state index contributed by atoms with van der Waals surface area (Å²) in [6.07, 6.45) is -4.55. The number of nitrogens with zero attached hydrogens (tertiary/aromatic N) is 1. The minimum absolute atomic E-state index is 0.0167. The second-order valence-corrected chi connectivity index (χ2v) is 8.22. The number of ether oxygens (including phenoxy) is 1. The van der Waals surface area contributed by atoms with Crippen molar-refractivity contribution in [2.24, 2.45) is 0 Å². The molecule has 0 bridgehead atoms. The number of benzene rings is 3. The van der Waals surface area contributed by atoms with Crippen LogP contribution in [0.1, 0.15) is 17.2 Å². The van der Waals surface area contributed by atoms with E-state index in [9.17, 15) is 18.0 Å². The lowest BCUT2D eigenvalue weighted by molar-refractivity contribution is -0.137. The Labute approximate surface area is 200 Å². The van der Waals surface area contributed by atoms with Crippen LogP contribution in [0.2, 0.25) is 5.02 Å². The van der Waals surface area contributed by atoms with Crippen LogP contribution in [-0.2, 0) is 15.7 Å². The van der Waals surface area contributed by atoms with Crippen LogP contribution in [0.5, 0.6) is 0 Å². The van der Waals surface area contributed by atoms with Gasteiger partial charge >= 0.3 is 6.18 Å². The fourth-order valence-electron chi connectivity index (χ4n) is 3.70. The van der Waals surface area contributed by atoms with Gasteiger partial charge in [0.05, 0.1) is 29.5 Å². The molecule has 1 aliphatic rings. The van der Waals surface area contributed by atoms with Crippen LogP contribution in [0, 0.1) is 0 Å². The topological polar surface area (TPSA) is 53.6 Å². The summed E-state index contributed by atoms with van der Waals surface area (Å²) < 4.78 is 44.8. The molecule has 178 valence electrons. The van der Waals surface area contributed by atoms with Crippen LogP contribution >= 0.6 is 11.6 Å². The minimum atomic E-state index is -4.55. The summed E-state index contributed by atoms with van der Waals surface area (Å²) in [5.74, 6) is -0.537. The Kier molecular flexibility index (Phi) is 7.29. The molecule has 1 heterocycles. The maximum atomic E-state index is 13.2. The van der Waals surface area contributed by atoms with E-state index in [0.717, 1.165) is 37.0 Å². The molecule has 2 N–H and O–H groups in total. The average molecular weight is 490 g/mol. The molecule has 0 saturated carbocycles. The van der Waals surface area contributed by atoms with Crippen molar-refractivity contribution in [2.45, 2.75) is 12.2 Å². The highest BCUT2D eigenvalue weighted by Gasteiger charge is 2.31. The summed E-state index contributed by atoms with van der Waals surface area (Å²) in [5.41, 5.74) is 1.39. The van der Waals surface area contributed by atoms with Gasteiger partial charge in [0.25, 0.3) is 5.91 Å². The number of rotatable bonds is 6. The van der Waals surface area contributed by atoms with Crippen molar-refractivity contribution >= 4 is 34.6 Å². The van der Waals surface area contributed by atoms with E-state index in [4.69, 9.17) is 16.3 Å². The fraction of sp³-hybridized carbons (Fsp3) is 0.240. The first kappa shape index (κ1) is 23.9. The van der Waals surface area contributed by atoms with Crippen LogP contribution in [0.15, 0.2) is 72.8 Å². The van der Waals surface area contributed by atoms with Crippen LogP contribution in [0.25, 0.3) is 0 Å². The summed E-state index contributed by atoms with van der Waals surface area (Å²) >= 11 is 6.08. The molecular formula is C25H23ClF3N3O2. The Morgan fingerprint density at radius 2 is 1.65 bits per heavy atom. The lowest BCUT2D eigenvalue weighted by atomic mass is 10.1. The van der Waals surface area contributed by atoms with Crippen molar-refractivity contribution in [1.82, 2.24) is 0 Å². The number of halogens is 4. The maximum absolute atomic E-state index is 13.2. The van der Waals surface area contributed by atoms with E-state index in [-0.39, 0.29) is 10.7 Å². The molecule has 1 amide bonds. The largest absolute Gasteiger partial charge is 0.416 e. The van der Waals surface area contributed by atoms with Gasteiger partial charge in [-0.25, -0.2) is 0 Å². The molecule has 9 heteroatoms. The first-order valence-electron chi connectivity index (χ1n) is 10.7. The van der Waals surface area contributed by atoms with Gasteiger partial charge in [0.2, 0.25) is 0 Å². The van der Waals surface area contributed by atoms with Gasteiger partial charge < -0.3 is 20.3 Å². The molecule has 1 fully saturated rings. The zero-order chi connectivity index (χ0) is 24.1. The highest BCUT2D eigenvalue weighted by molar-refractivity contribution is 6.33. The Morgan fingerprint density at radius 3 is 2.29 bits per heavy atom. The molecule has 34 heavy (non-hydrogen) atoms. The first-order valence-corrected chi connectivity index (χ1v) is 11.1. The zero-order valence-corrected chi connectivity index (χ0v) is 18.9. The van der Waals surface area contributed by atoms with Gasteiger partial charge in [-0.05, 0) is 48.0 Å². The molecule has 1 unspecified atom stereocenters. The molecule has 1 atom stereocenters. The van der Waals surface area contributed by atoms with Crippen molar-refractivity contribution in [3.8, 4) is 0 Å². The van der Waals surface area contributed by atoms with Gasteiger partial charge in [0.1, 0.15) is 6.04 Å². The van der Waals surface area contributed by atoms with Crippen LogP contribution < -0.4 is 15.5 Å². The van der Waals surface area contributed by atoms with Crippen LogP contribution in [0.4, 0.5) is 30.2 Å². The molecule has 0 aromatic heterocycles. The Morgan fingerprint density at radius 1 is 0.971 bits per heavy atom. The van der Waals surface area contributed by atoms with Crippen molar-refractivity contribution < 1.29 is 22.7 Å². The van der Waals surface area contributed by atoms with Crippen molar-refractivity contribution in [3.05, 3.63) is 88.9 Å². The first-order chi connectivity index (χ1) is 16.3. The third kappa shape index (κ3) is 5.81. The van der Waals surface area contributed by atoms with E-state index in [1.54, 1.807) is 24.3 Å². The number of hydrogen-bond acceptors (Lipinski definition) is 4. The Hall–Kier alpha value is -3.23. The fourth-order valence-corrected chi connectivity index (χ4v) is 3.87. The summed E-state index contributed by atoms with van der Waals surface area (Å²) in [6, 6.07) is 18.5. The predicted molar refractivity (Wildman–Crippen MR) is 127 cm³/mol. The highest BCUT2D eigenvalue weighted by Crippen LogP contribution is 2.34. The molecule has 0 radical (unpaired) electrons. The van der Waals surface area contributed by atoms with Gasteiger partial charge in [-0.3, -0.25) is 4.79 Å². The van der Waals surface area contributed by atoms with Crippen molar-refractivity contribution in [2.75, 3.05) is 41.8 Å². The molecule has 3 aromatic rings. The van der Waals surface area contributed by atoms with Gasteiger partial charge in [-0.2, -0.15) is 13.2 Å². The van der Waals surface area contributed by atoms with E-state index in [2.05, 4.69) is 15.5 Å². The third-order valence-electron chi connectivity index (χ3n) is 5.50. The molecule has 3 aromatic carbocycles. The average Bonchev–Trinajstić information content (AvgIpc) is 2.84. The predicted octanol–water partition coefficient (Wildman–Crippen LogP) is 5.99. The van der Waals surface area contributed by atoms with Crippen LogP contribution in [0.3, 0.4) is 0 Å². The number of hydrogen-bond donors (Lipinski definition) is 2. The number of amides is 1. The lowest BCUT2D eigenvalue weighted by Gasteiger charge is -2.29. The number of morpholine rings is 1. The van der Waals surface area contributed by atoms with E-state index in [1.165, 1.54) is 0 Å². The minimum Gasteiger partial charge on any atom is -0.378 e. The van der Waals surface area contributed by atoms with E-state index in [1.807, 2.05) is 30.3 Å². The second-order valence-electron chi connectivity index (χ2n) is 7.82. The van der Waals surface area contributed by atoms with E-state index < -0.39 is 23.7 Å². The van der Waals surface area contributed by atoms with Gasteiger partial charge in [0.15, 0.2) is 0 Å². The number of anilines is 3. The summed E-state index contributed by atoms with van der Waals surface area (Å²) in [6.45, 7) is 2.96.